The predicted molar refractivity (Wildman–Crippen MR) is 100 cm³/mol. The number of hydrogen-bond acceptors (Lipinski definition) is 4. The quantitative estimate of drug-likeness (QED) is 0.873. The van der Waals surface area contributed by atoms with Crippen LogP contribution in [0.1, 0.15) is 29.8 Å². The van der Waals surface area contributed by atoms with Crippen molar-refractivity contribution in [2.75, 3.05) is 18.0 Å². The minimum Gasteiger partial charge on any atom is -0.496 e. The number of rotatable bonds is 5. The Labute approximate surface area is 153 Å². The summed E-state index contributed by atoms with van der Waals surface area (Å²) in [4.78, 5) is 12.4. The Hall–Kier alpha value is -2.54. The van der Waals surface area contributed by atoms with Gasteiger partial charge in [-0.1, -0.05) is 18.2 Å². The van der Waals surface area contributed by atoms with Gasteiger partial charge in [0.15, 0.2) is 0 Å². The molecule has 7 heteroatoms. The normalized spacial score (nSPS) is 16.3. The minimum atomic E-state index is -3.80. The minimum absolute atomic E-state index is 0.0723. The van der Waals surface area contributed by atoms with Crippen molar-refractivity contribution >= 4 is 21.6 Å². The van der Waals surface area contributed by atoms with Crippen molar-refractivity contribution in [1.82, 2.24) is 5.32 Å². The maximum Gasteiger partial charge on any atom is 0.264 e. The molecule has 1 N–H and O–H groups in total. The van der Waals surface area contributed by atoms with Crippen LogP contribution in [0.15, 0.2) is 47.4 Å². The van der Waals surface area contributed by atoms with Crippen LogP contribution >= 0.6 is 0 Å². The smallest absolute Gasteiger partial charge is 0.264 e. The molecule has 2 aromatic carbocycles. The Balaban J connectivity index is 2.08. The highest BCUT2D eigenvalue weighted by Crippen LogP contribution is 2.37. The second-order valence-electron chi connectivity index (χ2n) is 6.20. The number of fused-ring (bicyclic) bond motifs is 1. The first-order valence-corrected chi connectivity index (χ1v) is 9.92. The van der Waals surface area contributed by atoms with Crippen molar-refractivity contribution in [3.63, 3.8) is 0 Å². The second-order valence-corrected chi connectivity index (χ2v) is 8.02. The topological polar surface area (TPSA) is 75.7 Å². The van der Waals surface area contributed by atoms with Crippen LogP contribution < -0.4 is 14.4 Å². The van der Waals surface area contributed by atoms with E-state index in [0.29, 0.717) is 24.4 Å². The van der Waals surface area contributed by atoms with Gasteiger partial charge in [0, 0.05) is 12.6 Å². The molecule has 0 unspecified atom stereocenters. The summed E-state index contributed by atoms with van der Waals surface area (Å²) in [5.41, 5.74) is 1.90. The average molecular weight is 374 g/mol. The molecule has 2 aromatic rings. The van der Waals surface area contributed by atoms with E-state index in [0.717, 1.165) is 5.56 Å². The molecule has 0 aromatic heterocycles. The summed E-state index contributed by atoms with van der Waals surface area (Å²) in [7, 11) is -2.35. The van der Waals surface area contributed by atoms with Crippen molar-refractivity contribution in [2.24, 2.45) is 0 Å². The van der Waals surface area contributed by atoms with Gasteiger partial charge in [-0.3, -0.25) is 9.10 Å². The van der Waals surface area contributed by atoms with E-state index in [1.807, 2.05) is 31.2 Å². The molecule has 26 heavy (non-hydrogen) atoms. The number of benzene rings is 2. The number of anilines is 1. The Morgan fingerprint density at radius 3 is 2.69 bits per heavy atom. The molecular weight excluding hydrogens is 352 g/mol. The number of nitrogens with zero attached hydrogens (tertiary/aromatic N) is 1. The maximum atomic E-state index is 13.3. The number of sulfonamides is 1. The number of carbonyl (C=O) groups excluding carboxylic acids is 1. The third-order valence-electron chi connectivity index (χ3n) is 4.45. The predicted octanol–water partition coefficient (Wildman–Crippen LogP) is 2.58. The van der Waals surface area contributed by atoms with Crippen LogP contribution in [0.25, 0.3) is 0 Å². The molecular formula is C19H22N2O4S. The zero-order valence-corrected chi connectivity index (χ0v) is 15.8. The summed E-state index contributed by atoms with van der Waals surface area (Å²) < 4.78 is 33.2. The molecule has 0 fully saturated rings. The monoisotopic (exact) mass is 374 g/mol. The van der Waals surface area contributed by atoms with E-state index in [2.05, 4.69) is 5.32 Å². The molecule has 3 rings (SSSR count). The first-order valence-electron chi connectivity index (χ1n) is 8.48. The molecule has 1 amide bonds. The lowest BCUT2D eigenvalue weighted by Crippen LogP contribution is -2.36. The van der Waals surface area contributed by atoms with Gasteiger partial charge < -0.3 is 10.1 Å². The number of methoxy groups -OCH3 is 1. The molecule has 1 aliphatic rings. The Morgan fingerprint density at radius 2 is 2.00 bits per heavy atom. The van der Waals surface area contributed by atoms with Crippen molar-refractivity contribution < 1.29 is 17.9 Å². The van der Waals surface area contributed by atoms with Crippen LogP contribution in [0, 0.1) is 0 Å². The van der Waals surface area contributed by atoms with Gasteiger partial charge in [0.25, 0.3) is 15.9 Å². The van der Waals surface area contributed by atoms with Crippen molar-refractivity contribution in [3.8, 4) is 5.75 Å². The van der Waals surface area contributed by atoms with E-state index in [9.17, 15) is 13.2 Å². The third kappa shape index (κ3) is 3.03. The van der Waals surface area contributed by atoms with Crippen LogP contribution in [0.3, 0.4) is 0 Å². The lowest BCUT2D eigenvalue weighted by molar-refractivity contribution is 0.0952. The fourth-order valence-corrected chi connectivity index (χ4v) is 5.02. The summed E-state index contributed by atoms with van der Waals surface area (Å²) in [6.07, 6.45) is 0.661. The summed E-state index contributed by atoms with van der Waals surface area (Å²) in [5.74, 6) is -0.0268. The van der Waals surface area contributed by atoms with Crippen LogP contribution in [0.4, 0.5) is 5.69 Å². The molecule has 0 saturated heterocycles. The highest BCUT2D eigenvalue weighted by molar-refractivity contribution is 7.92. The number of carbonyl (C=O) groups is 1. The number of hydrogen-bond donors (Lipinski definition) is 1. The van der Waals surface area contributed by atoms with E-state index >= 15 is 0 Å². The zero-order chi connectivity index (χ0) is 18.9. The molecule has 0 bridgehead atoms. The van der Waals surface area contributed by atoms with Gasteiger partial charge in [0.1, 0.15) is 5.75 Å². The van der Waals surface area contributed by atoms with Crippen LogP contribution in [0.2, 0.25) is 0 Å². The molecule has 6 nitrogen and oxygen atoms in total. The lowest BCUT2D eigenvalue weighted by Gasteiger charge is -2.25. The Morgan fingerprint density at radius 1 is 1.27 bits per heavy atom. The standard InChI is InChI=1S/C19H22N2O4S/c1-4-20-19(22)16-12-15(9-10-18(16)25-3)26(23,24)21-13(2)11-14-7-5-6-8-17(14)21/h5-10,12-13H,4,11H2,1-3H3,(H,20,22)/t13-/m0/s1. The fraction of sp³-hybridized carbons (Fsp3) is 0.316. The maximum absolute atomic E-state index is 13.3. The third-order valence-corrected chi connectivity index (χ3v) is 6.38. The fourth-order valence-electron chi connectivity index (χ4n) is 3.30. The van der Waals surface area contributed by atoms with Crippen LogP contribution in [0.5, 0.6) is 5.75 Å². The molecule has 138 valence electrons. The van der Waals surface area contributed by atoms with Gasteiger partial charge in [-0.05, 0) is 50.1 Å². The zero-order valence-electron chi connectivity index (χ0n) is 15.0. The van der Waals surface area contributed by atoms with Gasteiger partial charge >= 0.3 is 0 Å². The molecule has 0 aliphatic carbocycles. The van der Waals surface area contributed by atoms with Crippen molar-refractivity contribution in [2.45, 2.75) is 31.2 Å². The average Bonchev–Trinajstić information content (AvgIpc) is 2.97. The first-order chi connectivity index (χ1) is 12.4. The summed E-state index contributed by atoms with van der Waals surface area (Å²) in [5, 5.41) is 2.68. The molecule has 1 heterocycles. The summed E-state index contributed by atoms with van der Waals surface area (Å²) in [6.45, 7) is 4.12. The van der Waals surface area contributed by atoms with Crippen LogP contribution in [-0.4, -0.2) is 34.0 Å². The van der Waals surface area contributed by atoms with Crippen molar-refractivity contribution in [3.05, 3.63) is 53.6 Å². The van der Waals surface area contributed by atoms with Gasteiger partial charge in [0.05, 0.1) is 23.3 Å². The van der Waals surface area contributed by atoms with Crippen LogP contribution in [-0.2, 0) is 16.4 Å². The highest BCUT2D eigenvalue weighted by Gasteiger charge is 2.36. The molecule has 1 atom stereocenters. The van der Waals surface area contributed by atoms with Gasteiger partial charge in [-0.2, -0.15) is 0 Å². The summed E-state index contributed by atoms with van der Waals surface area (Å²) >= 11 is 0. The Kier molecular flexibility index (Phi) is 4.91. The summed E-state index contributed by atoms with van der Waals surface area (Å²) in [6, 6.07) is 11.7. The van der Waals surface area contributed by atoms with Crippen molar-refractivity contribution in [1.29, 1.82) is 0 Å². The SMILES string of the molecule is CCNC(=O)c1cc(S(=O)(=O)N2c3ccccc3C[C@@H]2C)ccc1OC. The van der Waals surface area contributed by atoms with E-state index < -0.39 is 10.0 Å². The largest absolute Gasteiger partial charge is 0.496 e. The van der Waals surface area contributed by atoms with E-state index in [1.54, 1.807) is 6.92 Å². The molecule has 0 spiro atoms. The molecule has 0 radical (unpaired) electrons. The van der Waals surface area contributed by atoms with Gasteiger partial charge in [-0.25, -0.2) is 8.42 Å². The molecule has 0 saturated carbocycles. The highest BCUT2D eigenvalue weighted by atomic mass is 32.2. The molecule has 1 aliphatic heterocycles. The number of para-hydroxylation sites is 1. The van der Waals surface area contributed by atoms with Gasteiger partial charge in [-0.15, -0.1) is 0 Å². The van der Waals surface area contributed by atoms with Gasteiger partial charge in [0.2, 0.25) is 0 Å². The van der Waals surface area contributed by atoms with E-state index in [-0.39, 0.29) is 22.4 Å². The first kappa shape index (κ1) is 18.3. The Bertz CT molecular complexity index is 940. The second kappa shape index (κ2) is 6.99. The van der Waals surface area contributed by atoms with E-state index in [4.69, 9.17) is 4.74 Å². The number of amides is 1. The van der Waals surface area contributed by atoms with E-state index in [1.165, 1.54) is 29.6 Å². The number of nitrogens with one attached hydrogen (secondary N) is 1. The lowest BCUT2D eigenvalue weighted by atomic mass is 10.1. The number of ether oxygens (including phenoxy) is 1.